The van der Waals surface area contributed by atoms with Crippen LogP contribution in [0, 0.1) is 13.8 Å². The zero-order chi connectivity index (χ0) is 16.4. The van der Waals surface area contributed by atoms with Crippen molar-refractivity contribution in [1.82, 2.24) is 14.8 Å². The number of carbonyl (C=O) groups is 1. The van der Waals surface area contributed by atoms with Gasteiger partial charge in [-0.1, -0.05) is 0 Å². The SMILES string of the molecule is Cc1nc(CC(=O)N2CCCN([C@H]3COC[C@@H]3O)CC2)c(C)s1. The van der Waals surface area contributed by atoms with E-state index in [2.05, 4.69) is 9.88 Å². The minimum absolute atomic E-state index is 0.0773. The van der Waals surface area contributed by atoms with E-state index in [1.807, 2.05) is 18.7 Å². The Morgan fingerprint density at radius 1 is 1.30 bits per heavy atom. The maximum absolute atomic E-state index is 12.6. The summed E-state index contributed by atoms with van der Waals surface area (Å²) in [6.07, 6.45) is 0.924. The van der Waals surface area contributed by atoms with Crippen LogP contribution in [0.3, 0.4) is 0 Å². The molecule has 1 N–H and O–H groups in total. The fourth-order valence-corrected chi connectivity index (χ4v) is 4.22. The minimum atomic E-state index is -0.405. The third-order valence-electron chi connectivity index (χ3n) is 4.69. The average molecular weight is 339 g/mol. The monoisotopic (exact) mass is 339 g/mol. The van der Waals surface area contributed by atoms with Gasteiger partial charge in [0, 0.05) is 31.1 Å². The van der Waals surface area contributed by atoms with Crippen LogP contribution in [0.15, 0.2) is 0 Å². The molecule has 2 aliphatic rings. The van der Waals surface area contributed by atoms with E-state index in [1.54, 1.807) is 11.3 Å². The Morgan fingerprint density at radius 2 is 2.13 bits per heavy atom. The van der Waals surface area contributed by atoms with Crippen molar-refractivity contribution in [2.45, 2.75) is 38.8 Å². The first-order chi connectivity index (χ1) is 11.0. The number of aromatic nitrogens is 1. The van der Waals surface area contributed by atoms with Gasteiger partial charge in [-0.3, -0.25) is 9.69 Å². The van der Waals surface area contributed by atoms with Crippen molar-refractivity contribution in [3.63, 3.8) is 0 Å². The highest BCUT2D eigenvalue weighted by atomic mass is 32.1. The third kappa shape index (κ3) is 3.91. The highest BCUT2D eigenvalue weighted by Crippen LogP contribution is 2.19. The zero-order valence-electron chi connectivity index (χ0n) is 13.8. The summed E-state index contributed by atoms with van der Waals surface area (Å²) >= 11 is 1.65. The van der Waals surface area contributed by atoms with Crippen LogP contribution >= 0.6 is 11.3 Å². The van der Waals surface area contributed by atoms with Gasteiger partial charge in [0.15, 0.2) is 0 Å². The zero-order valence-corrected chi connectivity index (χ0v) is 14.6. The normalized spacial score (nSPS) is 26.5. The van der Waals surface area contributed by atoms with E-state index in [1.165, 1.54) is 0 Å². The first kappa shape index (κ1) is 16.8. The summed E-state index contributed by atoms with van der Waals surface area (Å²) in [4.78, 5) is 22.4. The fourth-order valence-electron chi connectivity index (χ4n) is 3.39. The summed E-state index contributed by atoms with van der Waals surface area (Å²) in [5, 5.41) is 11.0. The van der Waals surface area contributed by atoms with Crippen LogP contribution in [-0.2, 0) is 16.0 Å². The molecule has 1 aromatic rings. The van der Waals surface area contributed by atoms with Crippen LogP contribution in [0.4, 0.5) is 0 Å². The summed E-state index contributed by atoms with van der Waals surface area (Å²) in [7, 11) is 0. The van der Waals surface area contributed by atoms with Crippen LogP contribution in [-0.4, -0.2) is 77.3 Å². The lowest BCUT2D eigenvalue weighted by Crippen LogP contribution is -2.45. The predicted molar refractivity (Wildman–Crippen MR) is 88.7 cm³/mol. The van der Waals surface area contributed by atoms with Gasteiger partial charge < -0.3 is 14.7 Å². The van der Waals surface area contributed by atoms with E-state index in [9.17, 15) is 9.90 Å². The molecule has 7 heteroatoms. The van der Waals surface area contributed by atoms with Crippen molar-refractivity contribution >= 4 is 17.2 Å². The smallest absolute Gasteiger partial charge is 0.228 e. The molecule has 2 atom stereocenters. The van der Waals surface area contributed by atoms with E-state index in [-0.39, 0.29) is 11.9 Å². The maximum atomic E-state index is 12.6. The molecular formula is C16H25N3O3S. The molecular weight excluding hydrogens is 314 g/mol. The van der Waals surface area contributed by atoms with Gasteiger partial charge in [0.2, 0.25) is 5.91 Å². The Balaban J connectivity index is 1.57. The van der Waals surface area contributed by atoms with Crippen molar-refractivity contribution in [3.8, 4) is 0 Å². The van der Waals surface area contributed by atoms with Crippen molar-refractivity contribution in [3.05, 3.63) is 15.6 Å². The Bertz CT molecular complexity index is 563. The summed E-state index contributed by atoms with van der Waals surface area (Å²) < 4.78 is 5.35. The van der Waals surface area contributed by atoms with E-state index in [4.69, 9.17) is 4.74 Å². The van der Waals surface area contributed by atoms with E-state index < -0.39 is 6.10 Å². The number of amides is 1. The maximum Gasteiger partial charge on any atom is 0.228 e. The fraction of sp³-hybridized carbons (Fsp3) is 0.750. The summed E-state index contributed by atoms with van der Waals surface area (Å²) in [5.41, 5.74) is 0.915. The number of hydrogen-bond donors (Lipinski definition) is 1. The standard InChI is InChI=1S/C16H25N3O3S/c1-11-13(17-12(2)23-11)8-16(21)19-5-3-4-18(6-7-19)14-9-22-10-15(14)20/h14-15,20H,3-10H2,1-2H3/t14-,15-/m0/s1. The summed E-state index contributed by atoms with van der Waals surface area (Å²) in [6, 6.07) is 0.0773. The van der Waals surface area contributed by atoms with Gasteiger partial charge in [0.25, 0.3) is 0 Å². The highest BCUT2D eigenvalue weighted by Gasteiger charge is 2.33. The van der Waals surface area contributed by atoms with Gasteiger partial charge in [0.05, 0.1) is 42.5 Å². The second-order valence-corrected chi connectivity index (χ2v) is 7.76. The van der Waals surface area contributed by atoms with E-state index in [0.717, 1.165) is 41.6 Å². The Labute approximate surface area is 141 Å². The van der Waals surface area contributed by atoms with Crippen molar-refractivity contribution in [2.75, 3.05) is 39.4 Å². The third-order valence-corrected chi connectivity index (χ3v) is 5.62. The number of thiazole rings is 1. The molecule has 0 aliphatic carbocycles. The largest absolute Gasteiger partial charge is 0.389 e. The second-order valence-electron chi connectivity index (χ2n) is 6.36. The van der Waals surface area contributed by atoms with Crippen LogP contribution in [0.25, 0.3) is 0 Å². The molecule has 2 aliphatic heterocycles. The Kier molecular flexibility index (Phi) is 5.31. The molecule has 1 amide bonds. The molecule has 0 bridgehead atoms. The number of rotatable bonds is 3. The van der Waals surface area contributed by atoms with Crippen LogP contribution in [0.1, 0.15) is 22.0 Å². The molecule has 23 heavy (non-hydrogen) atoms. The Hall–Kier alpha value is -1.02. The number of carbonyl (C=O) groups excluding carboxylic acids is 1. The minimum Gasteiger partial charge on any atom is -0.389 e. The van der Waals surface area contributed by atoms with Gasteiger partial charge in [-0.05, 0) is 20.3 Å². The first-order valence-electron chi connectivity index (χ1n) is 8.25. The van der Waals surface area contributed by atoms with E-state index >= 15 is 0 Å². The molecule has 0 saturated carbocycles. The highest BCUT2D eigenvalue weighted by molar-refractivity contribution is 7.11. The van der Waals surface area contributed by atoms with Gasteiger partial charge in [-0.2, -0.15) is 0 Å². The molecule has 0 radical (unpaired) electrons. The Morgan fingerprint density at radius 3 is 2.78 bits per heavy atom. The molecule has 0 spiro atoms. The molecule has 3 heterocycles. The number of aliphatic hydroxyl groups excluding tert-OH is 1. The van der Waals surface area contributed by atoms with Crippen molar-refractivity contribution < 1.29 is 14.6 Å². The number of nitrogens with zero attached hydrogens (tertiary/aromatic N) is 3. The second kappa shape index (κ2) is 7.25. The van der Waals surface area contributed by atoms with Crippen molar-refractivity contribution in [1.29, 1.82) is 0 Å². The number of hydrogen-bond acceptors (Lipinski definition) is 6. The van der Waals surface area contributed by atoms with Crippen LogP contribution in [0.2, 0.25) is 0 Å². The molecule has 2 saturated heterocycles. The summed E-state index contributed by atoms with van der Waals surface area (Å²) in [6.45, 7) is 8.21. The summed E-state index contributed by atoms with van der Waals surface area (Å²) in [5.74, 6) is 0.156. The van der Waals surface area contributed by atoms with Gasteiger partial charge in [-0.15, -0.1) is 11.3 Å². The number of ether oxygens (including phenoxy) is 1. The van der Waals surface area contributed by atoms with Crippen LogP contribution in [0.5, 0.6) is 0 Å². The molecule has 128 valence electrons. The quantitative estimate of drug-likeness (QED) is 0.873. The number of aryl methyl sites for hydroxylation is 2. The topological polar surface area (TPSA) is 65.9 Å². The van der Waals surface area contributed by atoms with E-state index in [0.29, 0.717) is 26.2 Å². The number of aliphatic hydroxyl groups is 1. The van der Waals surface area contributed by atoms with Gasteiger partial charge in [0.1, 0.15) is 0 Å². The lowest BCUT2D eigenvalue weighted by atomic mass is 10.2. The average Bonchev–Trinajstić information content (AvgIpc) is 2.96. The lowest BCUT2D eigenvalue weighted by Gasteiger charge is -2.28. The molecule has 0 aromatic carbocycles. The van der Waals surface area contributed by atoms with Crippen molar-refractivity contribution in [2.24, 2.45) is 0 Å². The predicted octanol–water partition coefficient (Wildman–Crippen LogP) is 0.596. The molecule has 3 rings (SSSR count). The molecule has 1 aromatic heterocycles. The lowest BCUT2D eigenvalue weighted by molar-refractivity contribution is -0.130. The first-order valence-corrected chi connectivity index (χ1v) is 9.07. The molecule has 6 nitrogen and oxygen atoms in total. The molecule has 2 fully saturated rings. The van der Waals surface area contributed by atoms with Gasteiger partial charge in [-0.25, -0.2) is 4.98 Å². The van der Waals surface area contributed by atoms with Crippen LogP contribution < -0.4 is 0 Å². The van der Waals surface area contributed by atoms with Gasteiger partial charge >= 0.3 is 0 Å². The molecule has 0 unspecified atom stereocenters.